The fourth-order valence-corrected chi connectivity index (χ4v) is 3.38. The van der Waals surface area contributed by atoms with Crippen molar-refractivity contribution in [1.29, 1.82) is 0 Å². The number of hydrogen-bond acceptors (Lipinski definition) is 7. The number of carboxylic acid groups (broad SMARTS) is 1. The number of H-pyrrole nitrogens is 1. The minimum absolute atomic E-state index is 0.0750. The summed E-state index contributed by atoms with van der Waals surface area (Å²) in [6, 6.07) is -0.798. The zero-order chi connectivity index (χ0) is 20.9. The van der Waals surface area contributed by atoms with Crippen molar-refractivity contribution in [2.75, 3.05) is 13.2 Å². The molecule has 1 aliphatic heterocycles. The lowest BCUT2D eigenvalue weighted by Gasteiger charge is -2.19. The van der Waals surface area contributed by atoms with E-state index in [4.69, 9.17) is 19.9 Å². The minimum atomic E-state index is -4.31. The smallest absolute Gasteiger partial charge is 0.403 e. The Morgan fingerprint density at radius 2 is 2.32 bits per heavy atom. The van der Waals surface area contributed by atoms with Gasteiger partial charge in [0.25, 0.3) is 5.56 Å². The molecular weight excluding hydrogens is 399 g/mol. The molecule has 0 spiro atoms. The summed E-state index contributed by atoms with van der Waals surface area (Å²) < 4.78 is 23.5. The van der Waals surface area contributed by atoms with Crippen molar-refractivity contribution in [2.45, 2.75) is 38.1 Å². The number of carbonyl (C=O) groups is 1. The molecule has 1 unspecified atom stereocenters. The molecule has 14 nitrogen and oxygen atoms in total. The quantitative estimate of drug-likeness (QED) is 0.184. The van der Waals surface area contributed by atoms with E-state index >= 15 is 0 Å². The number of nitrogens with one attached hydrogen (secondary N) is 2. The van der Waals surface area contributed by atoms with Gasteiger partial charge in [-0.2, -0.15) is 0 Å². The van der Waals surface area contributed by atoms with Crippen molar-refractivity contribution in [1.82, 2.24) is 14.6 Å². The van der Waals surface area contributed by atoms with E-state index in [2.05, 4.69) is 20.1 Å². The highest BCUT2D eigenvalue weighted by atomic mass is 31.2. The van der Waals surface area contributed by atoms with Gasteiger partial charge in [-0.3, -0.25) is 23.7 Å². The first-order valence-corrected chi connectivity index (χ1v) is 9.66. The van der Waals surface area contributed by atoms with Crippen LogP contribution in [0.15, 0.2) is 20.9 Å². The third kappa shape index (κ3) is 5.76. The van der Waals surface area contributed by atoms with Gasteiger partial charge >= 0.3 is 19.4 Å². The molecule has 4 atom stereocenters. The Morgan fingerprint density at radius 1 is 1.61 bits per heavy atom. The fraction of sp³-hybridized carbons (Fsp3) is 0.615. The Balaban J connectivity index is 2.08. The second kappa shape index (κ2) is 9.15. The highest BCUT2D eigenvalue weighted by molar-refractivity contribution is 7.50. The summed E-state index contributed by atoms with van der Waals surface area (Å²) in [7, 11) is -4.31. The molecule has 2 heterocycles. The third-order valence-electron chi connectivity index (χ3n) is 3.92. The second-order valence-electron chi connectivity index (χ2n) is 5.98. The van der Waals surface area contributed by atoms with E-state index in [0.29, 0.717) is 0 Å². The topological polar surface area (TPSA) is 209 Å². The number of aromatic nitrogens is 2. The summed E-state index contributed by atoms with van der Waals surface area (Å²) >= 11 is 0. The zero-order valence-corrected chi connectivity index (χ0v) is 15.6. The molecule has 15 heteroatoms. The van der Waals surface area contributed by atoms with Gasteiger partial charge in [-0.1, -0.05) is 5.11 Å². The average molecular weight is 418 g/mol. The maximum atomic E-state index is 12.0. The van der Waals surface area contributed by atoms with Crippen molar-refractivity contribution >= 4 is 13.7 Å². The zero-order valence-electron chi connectivity index (χ0n) is 14.7. The Hall–Kier alpha value is -2.47. The normalized spacial score (nSPS) is 23.7. The largest absolute Gasteiger partial charge is 0.481 e. The van der Waals surface area contributed by atoms with Gasteiger partial charge in [0, 0.05) is 29.6 Å². The summed E-state index contributed by atoms with van der Waals surface area (Å²) in [4.78, 5) is 48.4. The summed E-state index contributed by atoms with van der Waals surface area (Å²) in [5.74, 6) is -1.15. The van der Waals surface area contributed by atoms with Crippen LogP contribution < -0.4 is 16.3 Å². The third-order valence-corrected chi connectivity index (χ3v) is 5.05. The molecule has 1 saturated heterocycles. The lowest BCUT2D eigenvalue weighted by atomic mass is 10.1. The maximum absolute atomic E-state index is 12.0. The Kier molecular flexibility index (Phi) is 7.13. The van der Waals surface area contributed by atoms with Gasteiger partial charge in [0.2, 0.25) is 0 Å². The monoisotopic (exact) mass is 418 g/mol. The van der Waals surface area contributed by atoms with Crippen LogP contribution in [-0.2, 0) is 18.6 Å². The first-order valence-electron chi connectivity index (χ1n) is 8.09. The number of nitrogens with zero attached hydrogens (tertiary/aromatic N) is 4. The van der Waals surface area contributed by atoms with Crippen molar-refractivity contribution in [3.05, 3.63) is 43.0 Å². The molecule has 2 rings (SSSR count). The number of aryl methyl sites for hydroxylation is 1. The van der Waals surface area contributed by atoms with Crippen LogP contribution in [0.5, 0.6) is 0 Å². The first kappa shape index (κ1) is 21.8. The Morgan fingerprint density at radius 3 is 2.96 bits per heavy atom. The SMILES string of the molecule is Cc1cn([C@H]2C[C@H](N=[N+]=[N-])[C@@H](COP(=O)(O)NCCC(=O)O)O2)c(=O)[nH]c1=O. The van der Waals surface area contributed by atoms with E-state index in [1.807, 2.05) is 0 Å². The first-order chi connectivity index (χ1) is 13.1. The van der Waals surface area contributed by atoms with Crippen LogP contribution in [0.2, 0.25) is 0 Å². The van der Waals surface area contributed by atoms with Crippen LogP contribution >= 0.6 is 7.75 Å². The maximum Gasteiger partial charge on any atom is 0.403 e. The van der Waals surface area contributed by atoms with Gasteiger partial charge in [-0.15, -0.1) is 0 Å². The summed E-state index contributed by atoms with van der Waals surface area (Å²) in [6.45, 7) is 0.758. The molecule has 1 aromatic rings. The van der Waals surface area contributed by atoms with Crippen molar-refractivity contribution in [2.24, 2.45) is 5.11 Å². The van der Waals surface area contributed by atoms with Crippen molar-refractivity contribution in [3.8, 4) is 0 Å². The number of carboxylic acids is 1. The van der Waals surface area contributed by atoms with Gasteiger partial charge in [-0.05, 0) is 12.5 Å². The molecule has 1 aromatic heterocycles. The molecule has 0 aromatic carbocycles. The highest BCUT2D eigenvalue weighted by Gasteiger charge is 2.38. The molecule has 1 fully saturated rings. The number of aliphatic carboxylic acids is 1. The highest BCUT2D eigenvalue weighted by Crippen LogP contribution is 2.39. The molecular formula is C13H19N6O8P. The van der Waals surface area contributed by atoms with Gasteiger partial charge < -0.3 is 14.7 Å². The van der Waals surface area contributed by atoms with Crippen molar-refractivity contribution in [3.63, 3.8) is 0 Å². The number of ether oxygens (including phenoxy) is 1. The molecule has 154 valence electrons. The molecule has 4 N–H and O–H groups in total. The predicted octanol–water partition coefficient (Wildman–Crippen LogP) is -0.00728. The van der Waals surface area contributed by atoms with Gasteiger partial charge in [0.15, 0.2) is 0 Å². The van der Waals surface area contributed by atoms with Crippen LogP contribution in [0.4, 0.5) is 0 Å². The molecule has 28 heavy (non-hydrogen) atoms. The molecule has 0 radical (unpaired) electrons. The molecule has 0 aliphatic carbocycles. The molecule has 0 saturated carbocycles. The summed E-state index contributed by atoms with van der Waals surface area (Å²) in [6.07, 6.45) is -0.837. The van der Waals surface area contributed by atoms with E-state index in [1.165, 1.54) is 13.1 Å². The second-order valence-corrected chi connectivity index (χ2v) is 7.60. The van der Waals surface area contributed by atoms with E-state index in [1.54, 1.807) is 0 Å². The predicted molar refractivity (Wildman–Crippen MR) is 93.6 cm³/mol. The van der Waals surface area contributed by atoms with E-state index in [0.717, 1.165) is 4.57 Å². The Labute approximate surface area is 157 Å². The lowest BCUT2D eigenvalue weighted by molar-refractivity contribution is -0.136. The molecule has 0 amide bonds. The molecule has 1 aliphatic rings. The van der Waals surface area contributed by atoms with E-state index in [9.17, 15) is 23.8 Å². The van der Waals surface area contributed by atoms with Crippen LogP contribution in [0.1, 0.15) is 24.6 Å². The standard InChI is InChI=1S/C13H19N6O8P/c1-7-5-19(13(23)16-12(7)22)10-4-8(17-18-14)9(27-10)6-26-28(24,25)15-3-2-11(20)21/h5,8-10H,2-4,6H2,1H3,(H,20,21)(H2,15,24,25)(H,16,22,23)/t8-,9+,10+/m0/s1. The number of azide groups is 1. The lowest BCUT2D eigenvalue weighted by Crippen LogP contribution is -2.33. The van der Waals surface area contributed by atoms with Crippen LogP contribution in [-0.4, -0.2) is 50.8 Å². The number of hydrogen-bond donors (Lipinski definition) is 4. The minimum Gasteiger partial charge on any atom is -0.481 e. The molecule has 0 bridgehead atoms. The summed E-state index contributed by atoms with van der Waals surface area (Å²) in [5.41, 5.74) is 7.72. The van der Waals surface area contributed by atoms with Crippen LogP contribution in [0.25, 0.3) is 10.4 Å². The van der Waals surface area contributed by atoms with Gasteiger partial charge in [0.05, 0.1) is 25.2 Å². The average Bonchev–Trinajstić information content (AvgIpc) is 2.99. The number of aromatic amines is 1. The van der Waals surface area contributed by atoms with Crippen LogP contribution in [0.3, 0.4) is 0 Å². The van der Waals surface area contributed by atoms with Crippen LogP contribution in [0, 0.1) is 6.92 Å². The van der Waals surface area contributed by atoms with Gasteiger partial charge in [0.1, 0.15) is 6.23 Å². The Bertz CT molecular complexity index is 938. The van der Waals surface area contributed by atoms with Crippen molar-refractivity contribution < 1.29 is 28.6 Å². The number of rotatable bonds is 9. The fourth-order valence-electron chi connectivity index (χ4n) is 2.55. The van der Waals surface area contributed by atoms with E-state index in [-0.39, 0.29) is 24.9 Å². The van der Waals surface area contributed by atoms with E-state index < -0.39 is 49.9 Å². The van der Waals surface area contributed by atoms with Gasteiger partial charge in [-0.25, -0.2) is 14.4 Å². The summed E-state index contributed by atoms with van der Waals surface area (Å²) in [5, 5.41) is 14.2.